The monoisotopic (exact) mass is 175 g/mol. The van der Waals surface area contributed by atoms with Gasteiger partial charge in [-0.1, -0.05) is 6.07 Å². The molecule has 0 atom stereocenters. The normalized spacial score (nSPS) is 10.2. The molecule has 0 amide bonds. The SMILES string of the molecule is Nc1ccnn1-c1cccc(O)c1. The molecule has 0 spiro atoms. The minimum atomic E-state index is 0.201. The molecule has 2 aromatic rings. The Balaban J connectivity index is 2.53. The largest absolute Gasteiger partial charge is 0.508 e. The third-order valence-electron chi connectivity index (χ3n) is 1.75. The van der Waals surface area contributed by atoms with E-state index in [1.54, 1.807) is 35.1 Å². The van der Waals surface area contributed by atoms with Crippen LogP contribution in [0.3, 0.4) is 0 Å². The molecule has 0 saturated carbocycles. The number of nitrogens with two attached hydrogens (primary N) is 1. The van der Waals surface area contributed by atoms with Gasteiger partial charge in [-0.05, 0) is 12.1 Å². The summed E-state index contributed by atoms with van der Waals surface area (Å²) in [6.45, 7) is 0. The van der Waals surface area contributed by atoms with Crippen LogP contribution in [0.5, 0.6) is 5.75 Å². The number of rotatable bonds is 1. The van der Waals surface area contributed by atoms with E-state index in [1.165, 1.54) is 0 Å². The van der Waals surface area contributed by atoms with Crippen LogP contribution >= 0.6 is 0 Å². The van der Waals surface area contributed by atoms with E-state index in [0.29, 0.717) is 5.82 Å². The lowest BCUT2D eigenvalue weighted by atomic mass is 10.3. The van der Waals surface area contributed by atoms with Gasteiger partial charge in [0, 0.05) is 12.1 Å². The summed E-state index contributed by atoms with van der Waals surface area (Å²) < 4.78 is 1.56. The van der Waals surface area contributed by atoms with Crippen molar-refractivity contribution in [3.63, 3.8) is 0 Å². The second-order valence-electron chi connectivity index (χ2n) is 2.69. The number of nitrogens with zero attached hydrogens (tertiary/aromatic N) is 2. The molecule has 2 rings (SSSR count). The maximum absolute atomic E-state index is 9.22. The fourth-order valence-electron chi connectivity index (χ4n) is 1.15. The smallest absolute Gasteiger partial charge is 0.127 e. The van der Waals surface area contributed by atoms with Crippen molar-refractivity contribution in [1.82, 2.24) is 9.78 Å². The molecule has 0 aliphatic carbocycles. The van der Waals surface area contributed by atoms with E-state index in [-0.39, 0.29) is 5.75 Å². The van der Waals surface area contributed by atoms with Gasteiger partial charge in [0.15, 0.2) is 0 Å². The Labute approximate surface area is 75.2 Å². The maximum Gasteiger partial charge on any atom is 0.127 e. The Bertz CT molecular complexity index is 422. The van der Waals surface area contributed by atoms with Crippen molar-refractivity contribution in [2.75, 3.05) is 5.73 Å². The molecule has 0 radical (unpaired) electrons. The quantitative estimate of drug-likeness (QED) is 0.683. The molecule has 0 aliphatic rings. The molecule has 0 aliphatic heterocycles. The van der Waals surface area contributed by atoms with Crippen molar-refractivity contribution in [2.24, 2.45) is 0 Å². The Hall–Kier alpha value is -1.97. The first kappa shape index (κ1) is 7.67. The van der Waals surface area contributed by atoms with Gasteiger partial charge in [-0.25, -0.2) is 4.68 Å². The highest BCUT2D eigenvalue weighted by Crippen LogP contribution is 2.16. The van der Waals surface area contributed by atoms with Gasteiger partial charge in [0.05, 0.1) is 11.9 Å². The molecule has 0 fully saturated rings. The summed E-state index contributed by atoms with van der Waals surface area (Å²) in [5, 5.41) is 13.2. The van der Waals surface area contributed by atoms with Crippen LogP contribution < -0.4 is 5.73 Å². The molecular formula is C9H9N3O. The maximum atomic E-state index is 9.22. The molecule has 3 N–H and O–H groups in total. The Morgan fingerprint density at radius 1 is 1.31 bits per heavy atom. The predicted molar refractivity (Wildman–Crippen MR) is 49.6 cm³/mol. The second-order valence-corrected chi connectivity index (χ2v) is 2.69. The van der Waals surface area contributed by atoms with Gasteiger partial charge in [0.1, 0.15) is 11.6 Å². The van der Waals surface area contributed by atoms with Crippen molar-refractivity contribution in [2.45, 2.75) is 0 Å². The summed E-state index contributed by atoms with van der Waals surface area (Å²) in [6.07, 6.45) is 1.61. The Morgan fingerprint density at radius 2 is 2.15 bits per heavy atom. The van der Waals surface area contributed by atoms with Crippen molar-refractivity contribution in [3.05, 3.63) is 36.5 Å². The molecule has 66 valence electrons. The van der Waals surface area contributed by atoms with Gasteiger partial charge in [-0.2, -0.15) is 5.10 Å². The highest BCUT2D eigenvalue weighted by atomic mass is 16.3. The van der Waals surface area contributed by atoms with Crippen LogP contribution in [-0.2, 0) is 0 Å². The molecule has 0 unspecified atom stereocenters. The molecule has 13 heavy (non-hydrogen) atoms. The zero-order valence-electron chi connectivity index (χ0n) is 6.88. The van der Waals surface area contributed by atoms with Gasteiger partial charge in [0.2, 0.25) is 0 Å². The Kier molecular flexibility index (Phi) is 1.66. The topological polar surface area (TPSA) is 64.1 Å². The summed E-state index contributed by atoms with van der Waals surface area (Å²) >= 11 is 0. The lowest BCUT2D eigenvalue weighted by molar-refractivity contribution is 0.475. The summed E-state index contributed by atoms with van der Waals surface area (Å²) in [6, 6.07) is 8.46. The minimum absolute atomic E-state index is 0.201. The Morgan fingerprint density at radius 3 is 2.77 bits per heavy atom. The zero-order valence-corrected chi connectivity index (χ0v) is 6.88. The fraction of sp³-hybridized carbons (Fsp3) is 0. The van der Waals surface area contributed by atoms with Crippen molar-refractivity contribution in [1.29, 1.82) is 0 Å². The molecule has 1 aromatic heterocycles. The molecule has 4 heteroatoms. The van der Waals surface area contributed by atoms with E-state index in [0.717, 1.165) is 5.69 Å². The first-order chi connectivity index (χ1) is 6.27. The van der Waals surface area contributed by atoms with Crippen molar-refractivity contribution >= 4 is 5.82 Å². The molecular weight excluding hydrogens is 166 g/mol. The van der Waals surface area contributed by atoms with Crippen molar-refractivity contribution < 1.29 is 5.11 Å². The van der Waals surface area contributed by atoms with E-state index in [4.69, 9.17) is 5.73 Å². The number of benzene rings is 1. The van der Waals surface area contributed by atoms with Gasteiger partial charge in [0.25, 0.3) is 0 Å². The van der Waals surface area contributed by atoms with Gasteiger partial charge in [-0.3, -0.25) is 0 Å². The third kappa shape index (κ3) is 1.33. The summed E-state index contributed by atoms with van der Waals surface area (Å²) in [7, 11) is 0. The number of hydrogen-bond acceptors (Lipinski definition) is 3. The van der Waals surface area contributed by atoms with Crippen LogP contribution in [0.1, 0.15) is 0 Å². The number of phenols is 1. The van der Waals surface area contributed by atoms with Crippen LogP contribution in [0.15, 0.2) is 36.5 Å². The van der Waals surface area contributed by atoms with E-state index >= 15 is 0 Å². The lowest BCUT2D eigenvalue weighted by Gasteiger charge is -2.03. The minimum Gasteiger partial charge on any atom is -0.508 e. The van der Waals surface area contributed by atoms with E-state index in [1.807, 2.05) is 6.07 Å². The standard InChI is InChI=1S/C9H9N3O/c10-9-4-5-11-12(9)7-2-1-3-8(13)6-7/h1-6,13H,10H2. The average molecular weight is 175 g/mol. The highest BCUT2D eigenvalue weighted by molar-refractivity contribution is 5.44. The molecule has 0 bridgehead atoms. The average Bonchev–Trinajstić information content (AvgIpc) is 2.51. The summed E-state index contributed by atoms with van der Waals surface area (Å²) in [4.78, 5) is 0. The van der Waals surface area contributed by atoms with E-state index in [9.17, 15) is 5.11 Å². The van der Waals surface area contributed by atoms with Crippen LogP contribution in [0.4, 0.5) is 5.82 Å². The second kappa shape index (κ2) is 2.82. The van der Waals surface area contributed by atoms with Gasteiger partial charge < -0.3 is 10.8 Å². The number of aromatic hydroxyl groups is 1. The van der Waals surface area contributed by atoms with Crippen LogP contribution in [-0.4, -0.2) is 14.9 Å². The first-order valence-corrected chi connectivity index (χ1v) is 3.86. The summed E-state index contributed by atoms with van der Waals surface area (Å²) in [5.41, 5.74) is 6.39. The van der Waals surface area contributed by atoms with Crippen LogP contribution in [0, 0.1) is 0 Å². The summed E-state index contributed by atoms with van der Waals surface area (Å²) in [5.74, 6) is 0.748. The number of nitrogen functional groups attached to an aromatic ring is 1. The molecule has 0 saturated heterocycles. The first-order valence-electron chi connectivity index (χ1n) is 3.86. The molecule has 4 nitrogen and oxygen atoms in total. The van der Waals surface area contributed by atoms with Gasteiger partial charge in [-0.15, -0.1) is 0 Å². The fourth-order valence-corrected chi connectivity index (χ4v) is 1.15. The zero-order chi connectivity index (χ0) is 9.26. The van der Waals surface area contributed by atoms with Crippen LogP contribution in [0.25, 0.3) is 5.69 Å². The number of anilines is 1. The number of hydrogen-bond donors (Lipinski definition) is 2. The third-order valence-corrected chi connectivity index (χ3v) is 1.75. The van der Waals surface area contributed by atoms with Gasteiger partial charge >= 0.3 is 0 Å². The lowest BCUT2D eigenvalue weighted by Crippen LogP contribution is -2.00. The number of phenolic OH excluding ortho intramolecular Hbond substituents is 1. The van der Waals surface area contributed by atoms with E-state index in [2.05, 4.69) is 5.10 Å². The van der Waals surface area contributed by atoms with Crippen molar-refractivity contribution in [3.8, 4) is 11.4 Å². The molecule has 1 aromatic carbocycles. The van der Waals surface area contributed by atoms with Crippen LogP contribution in [0.2, 0.25) is 0 Å². The predicted octanol–water partition coefficient (Wildman–Crippen LogP) is 1.16. The number of aromatic nitrogens is 2. The highest BCUT2D eigenvalue weighted by Gasteiger charge is 2.00. The molecule has 1 heterocycles. The van der Waals surface area contributed by atoms with E-state index < -0.39 is 0 Å².